The molecule has 1 atom stereocenters. The second kappa shape index (κ2) is 6.51. The summed E-state index contributed by atoms with van der Waals surface area (Å²) in [5, 5.41) is 4.31. The number of piperidine rings is 1. The molecular weight excluding hydrogens is 350 g/mol. The van der Waals surface area contributed by atoms with Crippen LogP contribution in [0.15, 0.2) is 60.8 Å². The van der Waals surface area contributed by atoms with Crippen molar-refractivity contribution in [3.05, 3.63) is 71.9 Å². The molecule has 0 bridgehead atoms. The maximum atomic E-state index is 12.9. The number of carbonyl (C=O) groups excluding carboxylic acids is 2. The number of aromatic amines is 1. The Balaban J connectivity index is 1.28. The SMILES string of the molecule is O=C1NC2(CCN(C(=O)c3ccc4[nH]ccc4c3)CC2)CC1c1ccccc1. The summed E-state index contributed by atoms with van der Waals surface area (Å²) < 4.78 is 0. The maximum absolute atomic E-state index is 12.9. The minimum Gasteiger partial charge on any atom is -0.361 e. The molecule has 5 heteroatoms. The molecule has 5 nitrogen and oxygen atoms in total. The van der Waals surface area contributed by atoms with Gasteiger partial charge in [-0.3, -0.25) is 9.59 Å². The standard InChI is InChI=1S/C23H23N3O2/c27-21-19(16-4-2-1-3-5-16)15-23(25-21)9-12-26(13-10-23)22(28)18-6-7-20-17(14-18)8-11-24-20/h1-8,11,14,19,24H,9-10,12-13,15H2,(H,25,27). The minimum atomic E-state index is -0.182. The van der Waals surface area contributed by atoms with E-state index in [1.807, 2.05) is 65.7 Å². The van der Waals surface area contributed by atoms with Crippen molar-refractivity contribution in [2.24, 2.45) is 0 Å². The van der Waals surface area contributed by atoms with Gasteiger partial charge in [0, 0.05) is 41.3 Å². The number of benzene rings is 2. The summed E-state index contributed by atoms with van der Waals surface area (Å²) in [6.45, 7) is 1.34. The van der Waals surface area contributed by atoms with E-state index in [0.29, 0.717) is 13.1 Å². The van der Waals surface area contributed by atoms with Crippen molar-refractivity contribution < 1.29 is 9.59 Å². The van der Waals surface area contributed by atoms with Crippen LogP contribution < -0.4 is 5.32 Å². The largest absolute Gasteiger partial charge is 0.361 e. The van der Waals surface area contributed by atoms with Crippen LogP contribution in [-0.4, -0.2) is 40.3 Å². The summed E-state index contributed by atoms with van der Waals surface area (Å²) in [6, 6.07) is 17.8. The van der Waals surface area contributed by atoms with Crippen molar-refractivity contribution in [2.45, 2.75) is 30.7 Å². The summed E-state index contributed by atoms with van der Waals surface area (Å²) in [7, 11) is 0. The Morgan fingerprint density at radius 2 is 1.82 bits per heavy atom. The molecule has 5 rings (SSSR count). The first-order valence-corrected chi connectivity index (χ1v) is 9.87. The van der Waals surface area contributed by atoms with Gasteiger partial charge < -0.3 is 15.2 Å². The number of amides is 2. The lowest BCUT2D eigenvalue weighted by atomic mass is 9.82. The molecule has 2 N–H and O–H groups in total. The van der Waals surface area contributed by atoms with Crippen LogP contribution in [0.1, 0.15) is 41.1 Å². The molecule has 0 saturated carbocycles. The smallest absolute Gasteiger partial charge is 0.253 e. The molecule has 1 spiro atoms. The van der Waals surface area contributed by atoms with Gasteiger partial charge in [-0.15, -0.1) is 0 Å². The summed E-state index contributed by atoms with van der Waals surface area (Å²) >= 11 is 0. The molecule has 28 heavy (non-hydrogen) atoms. The van der Waals surface area contributed by atoms with Crippen LogP contribution in [0.4, 0.5) is 0 Å². The molecule has 2 amide bonds. The normalized spacial score (nSPS) is 21.2. The van der Waals surface area contributed by atoms with E-state index in [9.17, 15) is 9.59 Å². The third-order valence-corrected chi connectivity index (χ3v) is 6.31. The van der Waals surface area contributed by atoms with Crippen molar-refractivity contribution in [2.75, 3.05) is 13.1 Å². The topological polar surface area (TPSA) is 65.2 Å². The Labute approximate surface area is 163 Å². The maximum Gasteiger partial charge on any atom is 0.253 e. The first-order chi connectivity index (χ1) is 13.6. The highest BCUT2D eigenvalue weighted by molar-refractivity contribution is 5.98. The minimum absolute atomic E-state index is 0.0712. The summed E-state index contributed by atoms with van der Waals surface area (Å²) in [4.78, 5) is 30.6. The van der Waals surface area contributed by atoms with Crippen LogP contribution in [0.3, 0.4) is 0 Å². The molecular formula is C23H23N3O2. The van der Waals surface area contributed by atoms with E-state index >= 15 is 0 Å². The lowest BCUT2D eigenvalue weighted by Gasteiger charge is -2.39. The Bertz CT molecular complexity index is 1030. The Kier molecular flexibility index (Phi) is 3.97. The van der Waals surface area contributed by atoms with Crippen molar-refractivity contribution in [1.29, 1.82) is 0 Å². The zero-order valence-electron chi connectivity index (χ0n) is 15.7. The third kappa shape index (κ3) is 2.87. The van der Waals surface area contributed by atoms with Crippen LogP contribution in [0.5, 0.6) is 0 Å². The predicted molar refractivity (Wildman–Crippen MR) is 108 cm³/mol. The average molecular weight is 373 g/mol. The second-order valence-electron chi connectivity index (χ2n) is 8.01. The number of nitrogens with one attached hydrogen (secondary N) is 2. The molecule has 0 radical (unpaired) electrons. The Hall–Kier alpha value is -3.08. The fourth-order valence-electron chi connectivity index (χ4n) is 4.67. The Morgan fingerprint density at radius 1 is 1.04 bits per heavy atom. The summed E-state index contributed by atoms with van der Waals surface area (Å²) in [5.41, 5.74) is 2.66. The van der Waals surface area contributed by atoms with Gasteiger partial charge >= 0.3 is 0 Å². The second-order valence-corrected chi connectivity index (χ2v) is 8.01. The van der Waals surface area contributed by atoms with Gasteiger partial charge in [-0.1, -0.05) is 30.3 Å². The van der Waals surface area contributed by atoms with Crippen LogP contribution in [-0.2, 0) is 4.79 Å². The van der Waals surface area contributed by atoms with E-state index in [1.165, 1.54) is 0 Å². The van der Waals surface area contributed by atoms with Crippen LogP contribution in [0.2, 0.25) is 0 Å². The van der Waals surface area contributed by atoms with E-state index in [2.05, 4.69) is 10.3 Å². The summed E-state index contributed by atoms with van der Waals surface area (Å²) in [5.74, 6) is 0.102. The number of fused-ring (bicyclic) bond motifs is 1. The molecule has 3 aromatic rings. The van der Waals surface area contributed by atoms with Crippen molar-refractivity contribution in [3.63, 3.8) is 0 Å². The number of likely N-dealkylation sites (tertiary alicyclic amines) is 1. The first-order valence-electron chi connectivity index (χ1n) is 9.87. The number of H-pyrrole nitrogens is 1. The van der Waals surface area contributed by atoms with E-state index < -0.39 is 0 Å². The molecule has 2 aliphatic rings. The van der Waals surface area contributed by atoms with Gasteiger partial charge in [-0.05, 0) is 49.1 Å². The van der Waals surface area contributed by atoms with Gasteiger partial charge in [0.1, 0.15) is 0 Å². The highest BCUT2D eigenvalue weighted by atomic mass is 16.2. The molecule has 1 unspecified atom stereocenters. The lowest BCUT2D eigenvalue weighted by Crippen LogP contribution is -2.52. The van der Waals surface area contributed by atoms with Crippen molar-refractivity contribution >= 4 is 22.7 Å². The molecule has 2 aromatic carbocycles. The van der Waals surface area contributed by atoms with E-state index in [-0.39, 0.29) is 23.3 Å². The third-order valence-electron chi connectivity index (χ3n) is 6.31. The lowest BCUT2D eigenvalue weighted by molar-refractivity contribution is -0.121. The number of nitrogens with zero attached hydrogens (tertiary/aromatic N) is 1. The van der Waals surface area contributed by atoms with Crippen LogP contribution >= 0.6 is 0 Å². The predicted octanol–water partition coefficient (Wildman–Crippen LogP) is 3.45. The van der Waals surface area contributed by atoms with Crippen molar-refractivity contribution in [1.82, 2.24) is 15.2 Å². The van der Waals surface area contributed by atoms with Gasteiger partial charge in [0.05, 0.1) is 5.92 Å². The molecule has 2 fully saturated rings. The molecule has 1 aromatic heterocycles. The number of rotatable bonds is 2. The number of aromatic nitrogens is 1. The molecule has 2 aliphatic heterocycles. The average Bonchev–Trinajstić information content (AvgIpc) is 3.32. The summed E-state index contributed by atoms with van der Waals surface area (Å²) in [6.07, 6.45) is 4.31. The van der Waals surface area contributed by atoms with Gasteiger partial charge in [0.15, 0.2) is 0 Å². The molecule has 142 valence electrons. The molecule has 0 aliphatic carbocycles. The highest BCUT2D eigenvalue weighted by Crippen LogP contribution is 2.39. The fourth-order valence-corrected chi connectivity index (χ4v) is 4.67. The Morgan fingerprint density at radius 3 is 2.61 bits per heavy atom. The van der Waals surface area contributed by atoms with Gasteiger partial charge in [-0.25, -0.2) is 0 Å². The fraction of sp³-hybridized carbons (Fsp3) is 0.304. The zero-order valence-corrected chi connectivity index (χ0v) is 15.7. The van der Waals surface area contributed by atoms with Crippen LogP contribution in [0.25, 0.3) is 10.9 Å². The van der Waals surface area contributed by atoms with E-state index in [0.717, 1.165) is 41.3 Å². The molecule has 2 saturated heterocycles. The monoisotopic (exact) mass is 373 g/mol. The number of hydrogen-bond donors (Lipinski definition) is 2. The van der Waals surface area contributed by atoms with E-state index in [1.54, 1.807) is 0 Å². The van der Waals surface area contributed by atoms with Gasteiger partial charge in [-0.2, -0.15) is 0 Å². The van der Waals surface area contributed by atoms with Gasteiger partial charge in [0.25, 0.3) is 5.91 Å². The first kappa shape index (κ1) is 17.0. The zero-order chi connectivity index (χ0) is 19.1. The quantitative estimate of drug-likeness (QED) is 0.723. The number of carbonyl (C=O) groups is 2. The number of hydrogen-bond acceptors (Lipinski definition) is 2. The van der Waals surface area contributed by atoms with Gasteiger partial charge in [0.2, 0.25) is 5.91 Å². The van der Waals surface area contributed by atoms with Crippen LogP contribution in [0, 0.1) is 0 Å². The van der Waals surface area contributed by atoms with Crippen molar-refractivity contribution in [3.8, 4) is 0 Å². The van der Waals surface area contributed by atoms with E-state index in [4.69, 9.17) is 0 Å². The molecule has 3 heterocycles. The highest BCUT2D eigenvalue weighted by Gasteiger charge is 2.46.